The quantitative estimate of drug-likeness (QED) is 0.271. The van der Waals surface area contributed by atoms with Crippen LogP contribution in [0.1, 0.15) is 58.3 Å². The molecule has 0 fully saturated rings. The summed E-state index contributed by atoms with van der Waals surface area (Å²) in [5.41, 5.74) is -6.15. The van der Waals surface area contributed by atoms with Crippen LogP contribution in [0.25, 0.3) is 0 Å². The van der Waals surface area contributed by atoms with E-state index in [4.69, 9.17) is 0 Å². The third-order valence-corrected chi connectivity index (χ3v) is 4.22. The molecule has 0 aliphatic rings. The van der Waals surface area contributed by atoms with Crippen molar-refractivity contribution in [3.63, 3.8) is 0 Å². The SMILES string of the molecule is CCCCCCCC(=O)NCCCC(F)(C(F)(F)F)C(F)(F)C(F)(F)C(F)(F)F. The molecule has 0 rings (SSSR count). The van der Waals surface area contributed by atoms with Gasteiger partial charge in [0.1, 0.15) is 0 Å². The van der Waals surface area contributed by atoms with E-state index in [0.29, 0.717) is 12.8 Å². The first kappa shape index (κ1) is 27.7. The monoisotopic (exact) mass is 453 g/mol. The molecule has 0 heterocycles. The van der Waals surface area contributed by atoms with E-state index in [9.17, 15) is 53.1 Å². The Morgan fingerprint density at radius 2 is 1.21 bits per heavy atom. The lowest BCUT2D eigenvalue weighted by Crippen LogP contribution is -2.67. The number of nitrogens with one attached hydrogen (secondary N) is 1. The molecular weight excluding hydrogens is 431 g/mol. The first-order chi connectivity index (χ1) is 13.0. The van der Waals surface area contributed by atoms with Crippen LogP contribution >= 0.6 is 0 Å². The largest absolute Gasteiger partial charge is 0.460 e. The minimum absolute atomic E-state index is 0.0495. The summed E-state index contributed by atoms with van der Waals surface area (Å²) in [6.07, 6.45) is -13.7. The first-order valence-corrected chi connectivity index (χ1v) is 8.80. The Morgan fingerprint density at radius 3 is 1.66 bits per heavy atom. The van der Waals surface area contributed by atoms with Crippen molar-refractivity contribution in [1.82, 2.24) is 5.32 Å². The van der Waals surface area contributed by atoms with Gasteiger partial charge >= 0.3 is 24.2 Å². The lowest BCUT2D eigenvalue weighted by molar-refractivity contribution is -0.412. The molecule has 0 spiro atoms. The second-order valence-electron chi connectivity index (χ2n) is 6.56. The highest BCUT2D eigenvalue weighted by Crippen LogP contribution is 2.58. The molecule has 0 aliphatic carbocycles. The van der Waals surface area contributed by atoms with Crippen LogP contribution in [-0.4, -0.2) is 42.3 Å². The van der Waals surface area contributed by atoms with Crippen molar-refractivity contribution in [3.05, 3.63) is 0 Å². The molecule has 174 valence electrons. The highest BCUT2D eigenvalue weighted by molar-refractivity contribution is 5.75. The van der Waals surface area contributed by atoms with Crippen LogP contribution in [0.15, 0.2) is 0 Å². The Labute approximate surface area is 160 Å². The number of carbonyl (C=O) groups is 1. The summed E-state index contributed by atoms with van der Waals surface area (Å²) < 4.78 is 141. The zero-order valence-corrected chi connectivity index (χ0v) is 15.4. The number of amides is 1. The van der Waals surface area contributed by atoms with Crippen LogP contribution < -0.4 is 5.32 Å². The van der Waals surface area contributed by atoms with E-state index in [0.717, 1.165) is 19.3 Å². The average molecular weight is 453 g/mol. The van der Waals surface area contributed by atoms with E-state index in [1.807, 2.05) is 12.2 Å². The Hall–Kier alpha value is -1.30. The van der Waals surface area contributed by atoms with Gasteiger partial charge in [0.25, 0.3) is 5.67 Å². The van der Waals surface area contributed by atoms with Crippen molar-refractivity contribution in [2.24, 2.45) is 0 Å². The molecule has 1 N–H and O–H groups in total. The van der Waals surface area contributed by atoms with E-state index < -0.39 is 55.2 Å². The van der Waals surface area contributed by atoms with Crippen LogP contribution in [0.5, 0.6) is 0 Å². The summed E-state index contributed by atoms with van der Waals surface area (Å²) >= 11 is 0. The normalized spacial score (nSPS) is 15.9. The zero-order chi connectivity index (χ0) is 23.1. The Bertz CT molecular complexity index is 516. The molecule has 29 heavy (non-hydrogen) atoms. The third kappa shape index (κ3) is 6.59. The van der Waals surface area contributed by atoms with Gasteiger partial charge in [0.15, 0.2) is 0 Å². The molecule has 1 unspecified atom stereocenters. The smallest absolute Gasteiger partial charge is 0.356 e. The van der Waals surface area contributed by atoms with Gasteiger partial charge in [-0.15, -0.1) is 0 Å². The van der Waals surface area contributed by atoms with E-state index in [1.54, 1.807) is 0 Å². The maximum absolute atomic E-state index is 14.0. The predicted octanol–water partition coefficient (Wildman–Crippen LogP) is 6.35. The molecule has 0 saturated heterocycles. The third-order valence-electron chi connectivity index (χ3n) is 4.22. The van der Waals surface area contributed by atoms with Gasteiger partial charge in [0, 0.05) is 13.0 Å². The van der Waals surface area contributed by atoms with Crippen LogP contribution in [-0.2, 0) is 4.79 Å². The van der Waals surface area contributed by atoms with Gasteiger partial charge in [-0.3, -0.25) is 4.79 Å². The van der Waals surface area contributed by atoms with E-state index in [2.05, 4.69) is 0 Å². The second kappa shape index (κ2) is 10.1. The zero-order valence-electron chi connectivity index (χ0n) is 15.4. The summed E-state index contributed by atoms with van der Waals surface area (Å²) in [6, 6.07) is 0. The number of carbonyl (C=O) groups excluding carboxylic acids is 1. The van der Waals surface area contributed by atoms with Crippen molar-refractivity contribution in [1.29, 1.82) is 0 Å². The van der Waals surface area contributed by atoms with Crippen molar-refractivity contribution in [2.45, 2.75) is 88.2 Å². The Balaban J connectivity index is 4.98. The molecule has 0 aromatic carbocycles. The standard InChI is InChI=1S/C16H22F11NO/c1-2-3-4-5-6-8-11(29)28-10-7-9-12(17,15(22,23)24)13(18,19)14(20,21)16(25,26)27/h2-10H2,1H3,(H,28,29). The van der Waals surface area contributed by atoms with Crippen LogP contribution in [0.3, 0.4) is 0 Å². The molecule has 2 nitrogen and oxygen atoms in total. The lowest BCUT2D eigenvalue weighted by Gasteiger charge is -2.39. The summed E-state index contributed by atoms with van der Waals surface area (Å²) in [4.78, 5) is 11.4. The van der Waals surface area contributed by atoms with Crippen molar-refractivity contribution in [2.75, 3.05) is 6.54 Å². The maximum Gasteiger partial charge on any atom is 0.460 e. The molecule has 0 aliphatic heterocycles. The number of halogens is 11. The Morgan fingerprint density at radius 1 is 0.690 bits per heavy atom. The molecule has 1 amide bonds. The Kier molecular flexibility index (Phi) is 9.69. The molecular formula is C16H22F11NO. The van der Waals surface area contributed by atoms with Gasteiger partial charge in [-0.1, -0.05) is 32.6 Å². The van der Waals surface area contributed by atoms with Gasteiger partial charge in [-0.2, -0.15) is 43.9 Å². The highest BCUT2D eigenvalue weighted by Gasteiger charge is 2.85. The fraction of sp³-hybridized carbons (Fsp3) is 0.938. The highest BCUT2D eigenvalue weighted by atomic mass is 19.4. The van der Waals surface area contributed by atoms with E-state index in [-0.39, 0.29) is 6.42 Å². The van der Waals surface area contributed by atoms with Gasteiger partial charge < -0.3 is 5.32 Å². The minimum Gasteiger partial charge on any atom is -0.356 e. The topological polar surface area (TPSA) is 29.1 Å². The predicted molar refractivity (Wildman–Crippen MR) is 81.5 cm³/mol. The van der Waals surface area contributed by atoms with Crippen molar-refractivity contribution in [3.8, 4) is 0 Å². The molecule has 0 saturated carbocycles. The fourth-order valence-corrected chi connectivity index (χ4v) is 2.44. The van der Waals surface area contributed by atoms with Crippen LogP contribution in [0, 0.1) is 0 Å². The van der Waals surface area contributed by atoms with Crippen LogP contribution in [0.2, 0.25) is 0 Å². The van der Waals surface area contributed by atoms with Gasteiger partial charge in [-0.25, -0.2) is 4.39 Å². The molecule has 0 radical (unpaired) electrons. The number of alkyl halides is 11. The van der Waals surface area contributed by atoms with Crippen LogP contribution in [0.4, 0.5) is 48.3 Å². The van der Waals surface area contributed by atoms with Gasteiger partial charge in [0.05, 0.1) is 0 Å². The molecule has 0 bridgehead atoms. The fourth-order valence-electron chi connectivity index (χ4n) is 2.44. The van der Waals surface area contributed by atoms with E-state index >= 15 is 0 Å². The number of unbranched alkanes of at least 4 members (excludes halogenated alkanes) is 4. The van der Waals surface area contributed by atoms with Gasteiger partial charge in [-0.05, 0) is 19.3 Å². The molecule has 1 atom stereocenters. The molecule has 0 aromatic heterocycles. The second-order valence-corrected chi connectivity index (χ2v) is 6.56. The maximum atomic E-state index is 14.0. The van der Waals surface area contributed by atoms with Gasteiger partial charge in [0.2, 0.25) is 5.91 Å². The number of hydrogen-bond acceptors (Lipinski definition) is 1. The molecule has 13 heteroatoms. The summed E-state index contributed by atoms with van der Waals surface area (Å²) in [7, 11) is 0. The van der Waals surface area contributed by atoms with Crippen molar-refractivity contribution < 1.29 is 53.1 Å². The summed E-state index contributed by atoms with van der Waals surface area (Å²) in [5, 5.41) is 1.99. The summed E-state index contributed by atoms with van der Waals surface area (Å²) in [6.45, 7) is 1.15. The first-order valence-electron chi connectivity index (χ1n) is 8.80. The number of rotatable bonds is 12. The number of hydrogen-bond donors (Lipinski definition) is 1. The van der Waals surface area contributed by atoms with Crippen molar-refractivity contribution >= 4 is 5.91 Å². The average Bonchev–Trinajstić information content (AvgIpc) is 2.55. The summed E-state index contributed by atoms with van der Waals surface area (Å²) in [5.74, 6) is -15.1. The molecule has 0 aromatic rings. The minimum atomic E-state index is -7.26. The lowest BCUT2D eigenvalue weighted by atomic mass is 9.87. The van der Waals surface area contributed by atoms with E-state index in [1.165, 1.54) is 0 Å².